The fourth-order valence-corrected chi connectivity index (χ4v) is 3.83. The summed E-state index contributed by atoms with van der Waals surface area (Å²) in [7, 11) is 0. The minimum atomic E-state index is -1.27. The molecule has 0 fully saturated rings. The summed E-state index contributed by atoms with van der Waals surface area (Å²) in [4.78, 5) is 59.2. The van der Waals surface area contributed by atoms with Crippen molar-refractivity contribution in [1.29, 1.82) is 0 Å². The Morgan fingerprint density at radius 3 is 1.92 bits per heavy atom. The molecule has 0 aromatic rings. The zero-order valence-electron chi connectivity index (χ0n) is 25.0. The maximum atomic E-state index is 12.8. The van der Waals surface area contributed by atoms with Crippen LogP contribution in [0, 0.1) is 11.3 Å². The third-order valence-corrected chi connectivity index (χ3v) is 6.96. The van der Waals surface area contributed by atoms with Crippen molar-refractivity contribution in [3.8, 4) is 0 Å². The number of hydrogen-bond donors (Lipinski definition) is 4. The van der Waals surface area contributed by atoms with E-state index in [1.807, 2.05) is 27.7 Å². The number of aliphatic carboxylic acids is 2. The highest BCUT2D eigenvalue weighted by atomic mass is 16.5. The van der Waals surface area contributed by atoms with Gasteiger partial charge in [-0.1, -0.05) is 20.8 Å². The van der Waals surface area contributed by atoms with Crippen LogP contribution >= 0.6 is 0 Å². The second-order valence-electron chi connectivity index (χ2n) is 11.8. The molecule has 0 aromatic heterocycles. The fourth-order valence-electron chi connectivity index (χ4n) is 3.83. The van der Waals surface area contributed by atoms with Gasteiger partial charge in [-0.05, 0) is 66.7 Å². The normalized spacial score (nSPS) is 15.1. The van der Waals surface area contributed by atoms with Crippen LogP contribution in [0.4, 0.5) is 0 Å². The SMILES string of the molecule is CCC(C)(CC(C)C(=O)O)C(=O)NC(CCC(=O)NCCOC(C)(C)CCOC(C)(C)CCC(C)=O)C(=O)O. The first-order valence-corrected chi connectivity index (χ1v) is 13.6. The molecule has 226 valence electrons. The average molecular weight is 559 g/mol. The van der Waals surface area contributed by atoms with Gasteiger partial charge in [-0.15, -0.1) is 0 Å². The first-order chi connectivity index (χ1) is 17.8. The van der Waals surface area contributed by atoms with Crippen LogP contribution in [0.5, 0.6) is 0 Å². The number of Topliss-reactive ketones (excluding diaryl/α,β-unsaturated/α-hetero) is 1. The van der Waals surface area contributed by atoms with Gasteiger partial charge in [0.1, 0.15) is 11.8 Å². The molecule has 0 bridgehead atoms. The molecule has 0 heterocycles. The Kier molecular flexibility index (Phi) is 15.5. The number of rotatable bonds is 21. The summed E-state index contributed by atoms with van der Waals surface area (Å²) in [6.45, 7) is 15.1. The number of hydrogen-bond acceptors (Lipinski definition) is 7. The number of carboxylic acids is 2. The first-order valence-electron chi connectivity index (χ1n) is 13.6. The molecule has 0 aliphatic carbocycles. The molecule has 0 aromatic carbocycles. The van der Waals surface area contributed by atoms with Gasteiger partial charge in [0.05, 0.1) is 30.3 Å². The Morgan fingerprint density at radius 2 is 1.41 bits per heavy atom. The minimum absolute atomic E-state index is 0.0671. The topological polar surface area (TPSA) is 168 Å². The molecule has 0 saturated heterocycles. The summed E-state index contributed by atoms with van der Waals surface area (Å²) in [5, 5.41) is 23.9. The number of ketones is 1. The maximum absolute atomic E-state index is 12.8. The van der Waals surface area contributed by atoms with Crippen LogP contribution < -0.4 is 10.6 Å². The quantitative estimate of drug-likeness (QED) is 0.154. The predicted octanol–water partition coefficient (Wildman–Crippen LogP) is 3.33. The van der Waals surface area contributed by atoms with Crippen LogP contribution in [0.15, 0.2) is 0 Å². The molecular formula is C28H50N2O9. The fraction of sp³-hybridized carbons (Fsp3) is 0.821. The lowest BCUT2D eigenvalue weighted by Gasteiger charge is -2.30. The second kappa shape index (κ2) is 16.5. The van der Waals surface area contributed by atoms with Gasteiger partial charge in [-0.25, -0.2) is 4.79 Å². The molecule has 3 atom stereocenters. The number of nitrogens with one attached hydrogen (secondary N) is 2. The Hall–Kier alpha value is -2.53. The molecule has 0 radical (unpaired) electrons. The van der Waals surface area contributed by atoms with Gasteiger partial charge in [0.2, 0.25) is 11.8 Å². The van der Waals surface area contributed by atoms with Crippen LogP contribution in [0.3, 0.4) is 0 Å². The lowest BCUT2D eigenvalue weighted by atomic mass is 9.78. The molecule has 11 nitrogen and oxygen atoms in total. The lowest BCUT2D eigenvalue weighted by molar-refractivity contribution is -0.147. The van der Waals surface area contributed by atoms with E-state index in [0.717, 1.165) is 0 Å². The minimum Gasteiger partial charge on any atom is -0.481 e. The monoisotopic (exact) mass is 558 g/mol. The van der Waals surface area contributed by atoms with Crippen LogP contribution in [0.25, 0.3) is 0 Å². The Bertz CT molecular complexity index is 841. The van der Waals surface area contributed by atoms with Gasteiger partial charge in [-0.2, -0.15) is 0 Å². The summed E-state index contributed by atoms with van der Waals surface area (Å²) in [5.74, 6) is -3.85. The van der Waals surface area contributed by atoms with Crippen molar-refractivity contribution in [3.63, 3.8) is 0 Å². The Balaban J connectivity index is 4.55. The molecule has 3 unspecified atom stereocenters. The van der Waals surface area contributed by atoms with E-state index in [9.17, 15) is 34.2 Å². The maximum Gasteiger partial charge on any atom is 0.326 e. The van der Waals surface area contributed by atoms with Crippen LogP contribution in [-0.2, 0) is 33.4 Å². The summed E-state index contributed by atoms with van der Waals surface area (Å²) in [6, 6.07) is -1.27. The molecule has 0 rings (SSSR count). The zero-order chi connectivity index (χ0) is 30.4. The highest BCUT2D eigenvalue weighted by Gasteiger charge is 2.37. The molecule has 2 amide bonds. The highest BCUT2D eigenvalue weighted by Crippen LogP contribution is 2.30. The number of carbonyl (C=O) groups excluding carboxylic acids is 3. The lowest BCUT2D eigenvalue weighted by Crippen LogP contribution is -2.48. The van der Waals surface area contributed by atoms with Crippen molar-refractivity contribution in [2.45, 2.75) is 118 Å². The standard InChI is InChI=1S/C28H50N2O9/c1-9-28(8,18-19(2)23(33)34)25(37)30-21(24(35)36)10-11-22(32)29-15-17-39-27(6,7)14-16-38-26(4,5)13-12-20(3)31/h19,21H,9-18H2,1-8H3,(H,29,32)(H,30,37)(H,33,34)(H,35,36). The smallest absolute Gasteiger partial charge is 0.326 e. The van der Waals surface area contributed by atoms with E-state index >= 15 is 0 Å². The van der Waals surface area contributed by atoms with E-state index in [2.05, 4.69) is 10.6 Å². The van der Waals surface area contributed by atoms with E-state index in [1.165, 1.54) is 6.92 Å². The summed E-state index contributed by atoms with van der Waals surface area (Å²) < 4.78 is 11.8. The van der Waals surface area contributed by atoms with E-state index < -0.39 is 46.4 Å². The number of ether oxygens (including phenoxy) is 2. The first kappa shape index (κ1) is 36.5. The van der Waals surface area contributed by atoms with Crippen LogP contribution in [0.2, 0.25) is 0 Å². The van der Waals surface area contributed by atoms with Crippen molar-refractivity contribution in [2.75, 3.05) is 19.8 Å². The summed E-state index contributed by atoms with van der Waals surface area (Å²) in [5.41, 5.74) is -1.95. The van der Waals surface area contributed by atoms with Crippen LogP contribution in [-0.4, -0.2) is 76.8 Å². The number of carboxylic acid groups (broad SMARTS) is 2. The van der Waals surface area contributed by atoms with Gasteiger partial charge < -0.3 is 35.1 Å². The van der Waals surface area contributed by atoms with Gasteiger partial charge in [-0.3, -0.25) is 14.4 Å². The third-order valence-electron chi connectivity index (χ3n) is 6.96. The molecular weight excluding hydrogens is 508 g/mol. The molecule has 0 aliphatic rings. The second-order valence-corrected chi connectivity index (χ2v) is 11.8. The van der Waals surface area contributed by atoms with Crippen molar-refractivity contribution >= 4 is 29.5 Å². The summed E-state index contributed by atoms with van der Waals surface area (Å²) >= 11 is 0. The number of amides is 2. The van der Waals surface area contributed by atoms with E-state index in [4.69, 9.17) is 9.47 Å². The molecule has 0 spiro atoms. The van der Waals surface area contributed by atoms with E-state index in [1.54, 1.807) is 20.8 Å². The van der Waals surface area contributed by atoms with Crippen molar-refractivity contribution in [1.82, 2.24) is 10.6 Å². The average Bonchev–Trinajstić information content (AvgIpc) is 2.82. The van der Waals surface area contributed by atoms with Crippen LogP contribution in [0.1, 0.15) is 100 Å². The molecule has 4 N–H and O–H groups in total. The predicted molar refractivity (Wildman–Crippen MR) is 146 cm³/mol. The van der Waals surface area contributed by atoms with E-state index in [-0.39, 0.29) is 44.1 Å². The van der Waals surface area contributed by atoms with Gasteiger partial charge in [0.15, 0.2) is 0 Å². The van der Waals surface area contributed by atoms with Gasteiger partial charge in [0.25, 0.3) is 0 Å². The van der Waals surface area contributed by atoms with Crippen molar-refractivity contribution in [2.24, 2.45) is 11.3 Å². The van der Waals surface area contributed by atoms with E-state index in [0.29, 0.717) is 32.3 Å². The number of carbonyl (C=O) groups is 5. The largest absolute Gasteiger partial charge is 0.481 e. The van der Waals surface area contributed by atoms with Gasteiger partial charge >= 0.3 is 11.9 Å². The Labute approximate surface area is 232 Å². The molecule has 39 heavy (non-hydrogen) atoms. The zero-order valence-corrected chi connectivity index (χ0v) is 25.0. The Morgan fingerprint density at radius 1 is 0.846 bits per heavy atom. The summed E-state index contributed by atoms with van der Waals surface area (Å²) in [6.07, 6.45) is 1.91. The van der Waals surface area contributed by atoms with Crippen molar-refractivity contribution < 1.29 is 43.7 Å². The molecule has 0 saturated carbocycles. The highest BCUT2D eigenvalue weighted by molar-refractivity contribution is 5.88. The third kappa shape index (κ3) is 15.6. The molecule has 0 aliphatic heterocycles. The van der Waals surface area contributed by atoms with Gasteiger partial charge in [0, 0.05) is 24.8 Å². The molecule has 11 heteroatoms. The van der Waals surface area contributed by atoms with Crippen molar-refractivity contribution in [3.05, 3.63) is 0 Å².